The minimum Gasteiger partial charge on any atom is -0.379 e. The molecule has 6 heteroatoms. The lowest BCUT2D eigenvalue weighted by molar-refractivity contribution is 0.0315. The molecule has 2 saturated heterocycles. The fourth-order valence-electron chi connectivity index (χ4n) is 3.44. The number of halogens is 1. The molecular formula is C16H31IN4O. The topological polar surface area (TPSA) is 40.1 Å². The highest BCUT2D eigenvalue weighted by Crippen LogP contribution is 2.21. The van der Waals surface area contributed by atoms with Gasteiger partial charge in [0.25, 0.3) is 0 Å². The van der Waals surface area contributed by atoms with Gasteiger partial charge in [0.05, 0.1) is 13.2 Å². The van der Waals surface area contributed by atoms with Gasteiger partial charge < -0.3 is 15.0 Å². The van der Waals surface area contributed by atoms with Gasteiger partial charge in [0.15, 0.2) is 5.96 Å². The molecule has 0 radical (unpaired) electrons. The van der Waals surface area contributed by atoms with Gasteiger partial charge in [-0.1, -0.05) is 0 Å². The van der Waals surface area contributed by atoms with Crippen LogP contribution >= 0.6 is 24.0 Å². The Morgan fingerprint density at radius 2 is 1.95 bits per heavy atom. The molecule has 0 spiro atoms. The first kappa shape index (κ1) is 18.3. The molecule has 2 heterocycles. The van der Waals surface area contributed by atoms with Gasteiger partial charge in [-0.05, 0) is 38.5 Å². The number of ether oxygens (including phenoxy) is 1. The number of morpholine rings is 1. The molecule has 3 aliphatic rings. The van der Waals surface area contributed by atoms with Crippen molar-refractivity contribution in [2.75, 3.05) is 52.5 Å². The van der Waals surface area contributed by atoms with Crippen molar-refractivity contribution in [3.63, 3.8) is 0 Å². The second-order valence-corrected chi connectivity index (χ2v) is 6.58. The van der Waals surface area contributed by atoms with E-state index >= 15 is 0 Å². The summed E-state index contributed by atoms with van der Waals surface area (Å²) in [5.74, 6) is 1.94. The van der Waals surface area contributed by atoms with E-state index in [4.69, 9.17) is 9.73 Å². The standard InChI is InChI=1S/C16H30N4O.HI/c1-2-17-16(18-15-4-3-5-15)20-7-6-14(13-20)12-19-8-10-21-11-9-19;/h14-15H,2-13H2,1H3,(H,17,18);1H. The number of aliphatic imine (C=N–C) groups is 1. The summed E-state index contributed by atoms with van der Waals surface area (Å²) in [6, 6.07) is 0.675. The molecule has 1 unspecified atom stereocenters. The Hall–Kier alpha value is -0.0800. The van der Waals surface area contributed by atoms with Crippen LogP contribution in [0.1, 0.15) is 32.6 Å². The summed E-state index contributed by atoms with van der Waals surface area (Å²) in [7, 11) is 0. The van der Waals surface area contributed by atoms with E-state index in [1.54, 1.807) is 0 Å². The van der Waals surface area contributed by atoms with Crippen molar-refractivity contribution >= 4 is 29.9 Å². The van der Waals surface area contributed by atoms with Crippen LogP contribution in [0.3, 0.4) is 0 Å². The molecule has 1 atom stereocenters. The summed E-state index contributed by atoms with van der Waals surface area (Å²) in [5, 5.41) is 3.66. The van der Waals surface area contributed by atoms with Crippen LogP contribution in [0, 0.1) is 5.92 Å². The molecule has 128 valence electrons. The average Bonchev–Trinajstić information content (AvgIpc) is 2.91. The molecular weight excluding hydrogens is 391 g/mol. The number of hydrogen-bond acceptors (Lipinski definition) is 3. The molecule has 0 aromatic rings. The van der Waals surface area contributed by atoms with E-state index < -0.39 is 0 Å². The van der Waals surface area contributed by atoms with Crippen molar-refractivity contribution in [3.8, 4) is 0 Å². The number of likely N-dealkylation sites (tertiary alicyclic amines) is 1. The highest BCUT2D eigenvalue weighted by molar-refractivity contribution is 14.0. The lowest BCUT2D eigenvalue weighted by Crippen LogP contribution is -2.48. The van der Waals surface area contributed by atoms with Gasteiger partial charge in [-0.2, -0.15) is 0 Å². The molecule has 0 bridgehead atoms. The van der Waals surface area contributed by atoms with E-state index in [-0.39, 0.29) is 24.0 Å². The molecule has 22 heavy (non-hydrogen) atoms. The molecule has 1 aliphatic carbocycles. The average molecular weight is 422 g/mol. The highest BCUT2D eigenvalue weighted by atomic mass is 127. The van der Waals surface area contributed by atoms with Crippen LogP contribution in [-0.4, -0.2) is 74.3 Å². The SMILES string of the molecule is CCN=C(NC1CCC1)N1CCC(CN2CCOCC2)C1.I. The first-order chi connectivity index (χ1) is 10.3. The summed E-state index contributed by atoms with van der Waals surface area (Å²) >= 11 is 0. The lowest BCUT2D eigenvalue weighted by atomic mass is 9.93. The highest BCUT2D eigenvalue weighted by Gasteiger charge is 2.29. The lowest BCUT2D eigenvalue weighted by Gasteiger charge is -2.32. The van der Waals surface area contributed by atoms with Crippen LogP contribution in [0.4, 0.5) is 0 Å². The van der Waals surface area contributed by atoms with Gasteiger partial charge in [-0.25, -0.2) is 0 Å². The Morgan fingerprint density at radius 1 is 1.18 bits per heavy atom. The van der Waals surface area contributed by atoms with E-state index in [9.17, 15) is 0 Å². The first-order valence-electron chi connectivity index (χ1n) is 8.71. The molecule has 3 rings (SSSR count). The van der Waals surface area contributed by atoms with Crippen LogP contribution in [0.5, 0.6) is 0 Å². The predicted molar refractivity (Wildman–Crippen MR) is 101 cm³/mol. The Balaban J connectivity index is 0.00000176. The van der Waals surface area contributed by atoms with Crippen LogP contribution in [0.2, 0.25) is 0 Å². The maximum Gasteiger partial charge on any atom is 0.194 e. The fourth-order valence-corrected chi connectivity index (χ4v) is 3.44. The summed E-state index contributed by atoms with van der Waals surface area (Å²) in [6.45, 7) is 10.6. The second-order valence-electron chi connectivity index (χ2n) is 6.58. The third-order valence-electron chi connectivity index (χ3n) is 4.95. The molecule has 0 aromatic carbocycles. The third-order valence-corrected chi connectivity index (χ3v) is 4.95. The molecule has 1 N–H and O–H groups in total. The fraction of sp³-hybridized carbons (Fsp3) is 0.938. The molecule has 0 aromatic heterocycles. The molecule has 5 nitrogen and oxygen atoms in total. The molecule has 2 aliphatic heterocycles. The predicted octanol–water partition coefficient (Wildman–Crippen LogP) is 1.78. The van der Waals surface area contributed by atoms with Crippen molar-refractivity contribution in [1.29, 1.82) is 0 Å². The maximum atomic E-state index is 5.44. The number of nitrogens with zero attached hydrogens (tertiary/aromatic N) is 3. The van der Waals surface area contributed by atoms with Gasteiger partial charge in [0.1, 0.15) is 0 Å². The normalized spacial score (nSPS) is 27.4. The monoisotopic (exact) mass is 422 g/mol. The van der Waals surface area contributed by atoms with Crippen molar-refractivity contribution in [1.82, 2.24) is 15.1 Å². The Labute approximate surface area is 151 Å². The summed E-state index contributed by atoms with van der Waals surface area (Å²) in [6.07, 6.45) is 5.30. The zero-order valence-corrected chi connectivity index (χ0v) is 16.1. The minimum absolute atomic E-state index is 0. The summed E-state index contributed by atoms with van der Waals surface area (Å²) < 4.78 is 5.44. The third kappa shape index (κ3) is 4.96. The van der Waals surface area contributed by atoms with E-state index in [2.05, 4.69) is 22.0 Å². The number of rotatable bonds is 4. The van der Waals surface area contributed by atoms with Crippen LogP contribution in [-0.2, 0) is 4.74 Å². The Morgan fingerprint density at radius 3 is 2.59 bits per heavy atom. The van der Waals surface area contributed by atoms with E-state index in [0.29, 0.717) is 6.04 Å². The van der Waals surface area contributed by atoms with Crippen LogP contribution in [0.25, 0.3) is 0 Å². The summed E-state index contributed by atoms with van der Waals surface area (Å²) in [5.41, 5.74) is 0. The maximum absolute atomic E-state index is 5.44. The summed E-state index contributed by atoms with van der Waals surface area (Å²) in [4.78, 5) is 9.75. The van der Waals surface area contributed by atoms with Crippen molar-refractivity contribution in [3.05, 3.63) is 0 Å². The van der Waals surface area contributed by atoms with Crippen LogP contribution < -0.4 is 5.32 Å². The van der Waals surface area contributed by atoms with E-state index in [0.717, 1.165) is 57.8 Å². The van der Waals surface area contributed by atoms with Crippen molar-refractivity contribution < 1.29 is 4.74 Å². The van der Waals surface area contributed by atoms with Gasteiger partial charge in [-0.15, -0.1) is 24.0 Å². The van der Waals surface area contributed by atoms with E-state index in [1.807, 2.05) is 0 Å². The van der Waals surface area contributed by atoms with Crippen molar-refractivity contribution in [2.45, 2.75) is 38.6 Å². The molecule has 3 fully saturated rings. The second kappa shape index (κ2) is 9.27. The number of guanidine groups is 1. The van der Waals surface area contributed by atoms with E-state index in [1.165, 1.54) is 32.2 Å². The molecule has 1 saturated carbocycles. The van der Waals surface area contributed by atoms with Gasteiger partial charge >= 0.3 is 0 Å². The number of nitrogens with one attached hydrogen (secondary N) is 1. The molecule has 0 amide bonds. The Kier molecular flexibility index (Phi) is 7.70. The minimum atomic E-state index is 0. The zero-order valence-electron chi connectivity index (χ0n) is 13.8. The van der Waals surface area contributed by atoms with Crippen LogP contribution in [0.15, 0.2) is 4.99 Å². The first-order valence-corrected chi connectivity index (χ1v) is 8.71. The largest absolute Gasteiger partial charge is 0.379 e. The van der Waals surface area contributed by atoms with Crippen molar-refractivity contribution in [2.24, 2.45) is 10.9 Å². The smallest absolute Gasteiger partial charge is 0.194 e. The number of hydrogen-bond donors (Lipinski definition) is 1. The zero-order chi connectivity index (χ0) is 14.5. The Bertz CT molecular complexity index is 356. The van der Waals surface area contributed by atoms with Gasteiger partial charge in [0.2, 0.25) is 0 Å². The quantitative estimate of drug-likeness (QED) is 0.426. The van der Waals surface area contributed by atoms with Gasteiger partial charge in [-0.3, -0.25) is 9.89 Å². The van der Waals surface area contributed by atoms with Gasteiger partial charge in [0, 0.05) is 45.3 Å².